The fourth-order valence-corrected chi connectivity index (χ4v) is 2.46. The number of nitrogens with zero attached hydrogens (tertiary/aromatic N) is 1. The van der Waals surface area contributed by atoms with E-state index in [0.29, 0.717) is 0 Å². The SMILES string of the molecule is CN(CCC1OCCCO1)Cc1ccsc1. The third kappa shape index (κ3) is 3.87. The second-order valence-electron chi connectivity index (χ2n) is 4.18. The molecule has 0 atom stereocenters. The lowest BCUT2D eigenvalue weighted by Crippen LogP contribution is -2.29. The summed E-state index contributed by atoms with van der Waals surface area (Å²) in [4.78, 5) is 2.31. The minimum absolute atomic E-state index is 0.0127. The van der Waals surface area contributed by atoms with E-state index in [4.69, 9.17) is 9.47 Å². The van der Waals surface area contributed by atoms with E-state index in [1.807, 2.05) is 0 Å². The van der Waals surface area contributed by atoms with Gasteiger partial charge in [0.2, 0.25) is 0 Å². The molecule has 0 saturated carbocycles. The van der Waals surface area contributed by atoms with Crippen molar-refractivity contribution in [3.8, 4) is 0 Å². The highest BCUT2D eigenvalue weighted by Gasteiger charge is 2.14. The van der Waals surface area contributed by atoms with Crippen LogP contribution in [-0.4, -0.2) is 38.0 Å². The lowest BCUT2D eigenvalue weighted by molar-refractivity contribution is -0.182. The van der Waals surface area contributed by atoms with Gasteiger partial charge < -0.3 is 14.4 Å². The Morgan fingerprint density at radius 1 is 1.44 bits per heavy atom. The van der Waals surface area contributed by atoms with Crippen LogP contribution in [0, 0.1) is 0 Å². The molecule has 90 valence electrons. The van der Waals surface area contributed by atoms with Crippen molar-refractivity contribution in [3.63, 3.8) is 0 Å². The molecule has 0 radical (unpaired) electrons. The lowest BCUT2D eigenvalue weighted by Gasteiger charge is -2.25. The van der Waals surface area contributed by atoms with Crippen molar-refractivity contribution in [2.45, 2.75) is 25.7 Å². The zero-order valence-corrected chi connectivity index (χ0v) is 10.5. The van der Waals surface area contributed by atoms with Crippen molar-refractivity contribution >= 4 is 11.3 Å². The first-order valence-electron chi connectivity index (χ1n) is 5.77. The smallest absolute Gasteiger partial charge is 0.158 e. The van der Waals surface area contributed by atoms with Crippen LogP contribution in [0.15, 0.2) is 16.8 Å². The Bertz CT molecular complexity index is 283. The number of thiophene rings is 1. The van der Waals surface area contributed by atoms with Crippen LogP contribution >= 0.6 is 11.3 Å². The van der Waals surface area contributed by atoms with Crippen LogP contribution in [-0.2, 0) is 16.0 Å². The first-order chi connectivity index (χ1) is 7.84. The molecule has 0 N–H and O–H groups in total. The van der Waals surface area contributed by atoms with E-state index in [0.717, 1.165) is 39.1 Å². The molecule has 1 aromatic heterocycles. The second kappa shape index (κ2) is 6.35. The summed E-state index contributed by atoms with van der Waals surface area (Å²) in [6.07, 6.45) is 2.00. The van der Waals surface area contributed by atoms with Crippen LogP contribution in [0.4, 0.5) is 0 Å². The fourth-order valence-electron chi connectivity index (χ4n) is 1.80. The van der Waals surface area contributed by atoms with E-state index in [1.54, 1.807) is 11.3 Å². The molecule has 0 aliphatic carbocycles. The van der Waals surface area contributed by atoms with Crippen molar-refractivity contribution in [2.75, 3.05) is 26.8 Å². The molecule has 16 heavy (non-hydrogen) atoms. The molecule has 1 aliphatic rings. The summed E-state index contributed by atoms with van der Waals surface area (Å²) in [5.41, 5.74) is 1.39. The van der Waals surface area contributed by atoms with Crippen LogP contribution in [0.2, 0.25) is 0 Å². The normalized spacial score (nSPS) is 18.1. The van der Waals surface area contributed by atoms with Gasteiger partial charge >= 0.3 is 0 Å². The summed E-state index contributed by atoms with van der Waals surface area (Å²) < 4.78 is 11.0. The number of ether oxygens (including phenoxy) is 2. The van der Waals surface area contributed by atoms with Gasteiger partial charge in [0, 0.05) is 19.5 Å². The number of rotatable bonds is 5. The van der Waals surface area contributed by atoms with Gasteiger partial charge in [0.05, 0.1) is 13.2 Å². The van der Waals surface area contributed by atoms with Gasteiger partial charge in [-0.05, 0) is 35.9 Å². The predicted molar refractivity (Wildman–Crippen MR) is 65.6 cm³/mol. The maximum atomic E-state index is 5.52. The Morgan fingerprint density at radius 2 is 2.25 bits per heavy atom. The zero-order chi connectivity index (χ0) is 11.2. The van der Waals surface area contributed by atoms with E-state index in [1.165, 1.54) is 5.56 Å². The molecule has 1 saturated heterocycles. The average Bonchev–Trinajstić information content (AvgIpc) is 2.81. The maximum Gasteiger partial charge on any atom is 0.158 e. The predicted octanol–water partition coefficient (Wildman–Crippen LogP) is 2.33. The highest BCUT2D eigenvalue weighted by atomic mass is 32.1. The van der Waals surface area contributed by atoms with Crippen molar-refractivity contribution in [1.29, 1.82) is 0 Å². The first kappa shape index (κ1) is 12.0. The molecule has 4 heteroatoms. The highest BCUT2D eigenvalue weighted by Crippen LogP contribution is 2.11. The number of hydrogen-bond acceptors (Lipinski definition) is 4. The van der Waals surface area contributed by atoms with Gasteiger partial charge in [-0.1, -0.05) is 0 Å². The van der Waals surface area contributed by atoms with Crippen LogP contribution in [0.5, 0.6) is 0 Å². The van der Waals surface area contributed by atoms with E-state index in [9.17, 15) is 0 Å². The third-order valence-electron chi connectivity index (χ3n) is 2.68. The van der Waals surface area contributed by atoms with E-state index >= 15 is 0 Å². The summed E-state index contributed by atoms with van der Waals surface area (Å²) in [7, 11) is 2.14. The Labute approximate surface area is 101 Å². The summed E-state index contributed by atoms with van der Waals surface area (Å²) in [5.74, 6) is 0. The molecule has 0 aromatic carbocycles. The summed E-state index contributed by atoms with van der Waals surface area (Å²) in [6, 6.07) is 2.18. The van der Waals surface area contributed by atoms with Gasteiger partial charge in [-0.25, -0.2) is 0 Å². The molecule has 0 unspecified atom stereocenters. The molecule has 0 bridgehead atoms. The first-order valence-corrected chi connectivity index (χ1v) is 6.72. The fraction of sp³-hybridized carbons (Fsp3) is 0.667. The van der Waals surface area contributed by atoms with Crippen LogP contribution in [0.1, 0.15) is 18.4 Å². The number of hydrogen-bond donors (Lipinski definition) is 0. The molecular formula is C12H19NO2S. The zero-order valence-electron chi connectivity index (χ0n) is 9.72. The Morgan fingerprint density at radius 3 is 2.94 bits per heavy atom. The van der Waals surface area contributed by atoms with E-state index < -0.39 is 0 Å². The molecule has 0 amide bonds. The second-order valence-corrected chi connectivity index (χ2v) is 4.96. The standard InChI is InChI=1S/C12H19NO2S/c1-13(9-11-4-8-16-10-11)5-3-12-14-6-2-7-15-12/h4,8,10,12H,2-3,5-7,9H2,1H3. The lowest BCUT2D eigenvalue weighted by atomic mass is 10.3. The van der Waals surface area contributed by atoms with Crippen molar-refractivity contribution < 1.29 is 9.47 Å². The molecule has 3 nitrogen and oxygen atoms in total. The summed E-state index contributed by atoms with van der Waals surface area (Å²) in [6.45, 7) is 3.72. The van der Waals surface area contributed by atoms with Gasteiger partial charge in [-0.3, -0.25) is 0 Å². The average molecular weight is 241 g/mol. The van der Waals surface area contributed by atoms with Gasteiger partial charge in [0.25, 0.3) is 0 Å². The Balaban J connectivity index is 1.65. The molecule has 1 aliphatic heterocycles. The monoisotopic (exact) mass is 241 g/mol. The van der Waals surface area contributed by atoms with Crippen LogP contribution in [0.3, 0.4) is 0 Å². The molecule has 1 aromatic rings. The summed E-state index contributed by atoms with van der Waals surface area (Å²) >= 11 is 1.75. The minimum atomic E-state index is 0.0127. The van der Waals surface area contributed by atoms with Gasteiger partial charge in [-0.15, -0.1) is 0 Å². The van der Waals surface area contributed by atoms with Gasteiger partial charge in [-0.2, -0.15) is 11.3 Å². The van der Waals surface area contributed by atoms with Crippen molar-refractivity contribution in [3.05, 3.63) is 22.4 Å². The van der Waals surface area contributed by atoms with Gasteiger partial charge in [0.15, 0.2) is 6.29 Å². The largest absolute Gasteiger partial charge is 0.353 e. The molecule has 1 fully saturated rings. The summed E-state index contributed by atoms with van der Waals surface area (Å²) in [5, 5.41) is 4.32. The Hall–Kier alpha value is -0.420. The van der Waals surface area contributed by atoms with Crippen LogP contribution in [0.25, 0.3) is 0 Å². The Kier molecular flexibility index (Phi) is 4.78. The van der Waals surface area contributed by atoms with Crippen molar-refractivity contribution in [1.82, 2.24) is 4.90 Å². The van der Waals surface area contributed by atoms with E-state index in [-0.39, 0.29) is 6.29 Å². The molecule has 2 heterocycles. The van der Waals surface area contributed by atoms with Crippen LogP contribution < -0.4 is 0 Å². The van der Waals surface area contributed by atoms with Crippen molar-refractivity contribution in [2.24, 2.45) is 0 Å². The third-order valence-corrected chi connectivity index (χ3v) is 3.41. The minimum Gasteiger partial charge on any atom is -0.353 e. The quantitative estimate of drug-likeness (QED) is 0.790. The maximum absolute atomic E-state index is 5.52. The highest BCUT2D eigenvalue weighted by molar-refractivity contribution is 7.07. The van der Waals surface area contributed by atoms with Gasteiger partial charge in [0.1, 0.15) is 0 Å². The molecule has 0 spiro atoms. The molecule has 2 rings (SSSR count). The van der Waals surface area contributed by atoms with E-state index in [2.05, 4.69) is 28.8 Å². The molecular weight excluding hydrogens is 222 g/mol. The topological polar surface area (TPSA) is 21.7 Å².